The van der Waals surface area contributed by atoms with Gasteiger partial charge < -0.3 is 15.3 Å². The van der Waals surface area contributed by atoms with Crippen molar-refractivity contribution in [1.82, 2.24) is 25.5 Å². The second-order valence-electron chi connectivity index (χ2n) is 10.2. The van der Waals surface area contributed by atoms with Crippen LogP contribution < -0.4 is 15.1 Å². The summed E-state index contributed by atoms with van der Waals surface area (Å²) in [6, 6.07) is 13.2. The van der Waals surface area contributed by atoms with Crippen molar-refractivity contribution >= 4 is 46.5 Å². The van der Waals surface area contributed by atoms with E-state index in [1.54, 1.807) is 75.4 Å². The standard InChI is InChI=1S/C30H28N6O7/c1-4-30(5-2,29(42)43-36-24-21(33-34-36)10-7-15-31-24)28(41)32-22(27(39)40)16-18-11-13-19(14-12-18)35-25(37)20-9-6-8-17(3)23(20)26(35)38/h6-15,22H,4-5,16H2,1-3H3,(H,32,41)(H,39,40)/t22-/m0/s1. The molecule has 0 saturated heterocycles. The Labute approximate surface area is 245 Å². The van der Waals surface area contributed by atoms with E-state index in [1.807, 2.05) is 0 Å². The molecule has 0 radical (unpaired) electrons. The third-order valence-corrected chi connectivity index (χ3v) is 7.74. The van der Waals surface area contributed by atoms with Gasteiger partial charge in [0.1, 0.15) is 17.0 Å². The van der Waals surface area contributed by atoms with Crippen molar-refractivity contribution < 1.29 is 33.9 Å². The number of fused-ring (bicyclic) bond motifs is 2. The second-order valence-corrected chi connectivity index (χ2v) is 10.2. The van der Waals surface area contributed by atoms with E-state index >= 15 is 0 Å². The number of carboxylic acids is 1. The molecule has 0 bridgehead atoms. The molecule has 43 heavy (non-hydrogen) atoms. The molecular weight excluding hydrogens is 556 g/mol. The van der Waals surface area contributed by atoms with Crippen LogP contribution in [0.15, 0.2) is 60.8 Å². The zero-order valence-corrected chi connectivity index (χ0v) is 23.6. The van der Waals surface area contributed by atoms with Gasteiger partial charge in [0.25, 0.3) is 11.8 Å². The number of carboxylic acid groups (broad SMARTS) is 1. The zero-order chi connectivity index (χ0) is 30.9. The number of nitrogens with one attached hydrogen (secondary N) is 1. The van der Waals surface area contributed by atoms with Gasteiger partial charge in [-0.2, -0.15) is 0 Å². The number of aromatic nitrogens is 4. The Balaban J connectivity index is 1.31. The summed E-state index contributed by atoms with van der Waals surface area (Å²) in [7, 11) is 0. The topological polar surface area (TPSA) is 174 Å². The quantitative estimate of drug-likeness (QED) is 0.160. The number of hydrogen-bond acceptors (Lipinski definition) is 9. The largest absolute Gasteiger partial charge is 0.480 e. The molecule has 3 heterocycles. The summed E-state index contributed by atoms with van der Waals surface area (Å²) in [6.45, 7) is 5.00. The number of carbonyl (C=O) groups is 5. The van der Waals surface area contributed by atoms with E-state index < -0.39 is 41.1 Å². The molecule has 0 spiro atoms. The summed E-state index contributed by atoms with van der Waals surface area (Å²) >= 11 is 0. The normalized spacial score (nSPS) is 13.6. The number of aliphatic carboxylic acids is 1. The second kappa shape index (κ2) is 11.4. The number of rotatable bonds is 10. The number of benzene rings is 2. The number of amides is 3. The van der Waals surface area contributed by atoms with E-state index in [0.29, 0.717) is 33.5 Å². The van der Waals surface area contributed by atoms with Gasteiger partial charge in [-0.05, 0) is 71.3 Å². The van der Waals surface area contributed by atoms with Crippen LogP contribution in [0.2, 0.25) is 0 Å². The highest BCUT2D eigenvalue weighted by Gasteiger charge is 2.46. The Bertz CT molecular complexity index is 1760. The van der Waals surface area contributed by atoms with Crippen molar-refractivity contribution in [3.8, 4) is 0 Å². The van der Waals surface area contributed by atoms with Crippen molar-refractivity contribution in [2.75, 3.05) is 4.90 Å². The fourth-order valence-corrected chi connectivity index (χ4v) is 5.13. The molecular formula is C30H28N6O7. The monoisotopic (exact) mass is 584 g/mol. The van der Waals surface area contributed by atoms with E-state index in [0.717, 1.165) is 9.75 Å². The van der Waals surface area contributed by atoms with Gasteiger partial charge in [0.05, 0.1) is 16.8 Å². The Morgan fingerprint density at radius 2 is 1.72 bits per heavy atom. The molecule has 2 aromatic heterocycles. The van der Waals surface area contributed by atoms with Gasteiger partial charge in [-0.1, -0.05) is 38.1 Å². The maximum absolute atomic E-state index is 13.5. The Morgan fingerprint density at radius 1 is 1.00 bits per heavy atom. The third-order valence-electron chi connectivity index (χ3n) is 7.74. The molecule has 13 heteroatoms. The average molecular weight is 585 g/mol. The van der Waals surface area contributed by atoms with E-state index in [4.69, 9.17) is 4.84 Å². The molecule has 1 aliphatic heterocycles. The maximum atomic E-state index is 13.5. The molecule has 13 nitrogen and oxygen atoms in total. The first-order valence-corrected chi connectivity index (χ1v) is 13.6. The van der Waals surface area contributed by atoms with Crippen molar-refractivity contribution in [2.45, 2.75) is 46.1 Å². The van der Waals surface area contributed by atoms with Crippen molar-refractivity contribution in [3.05, 3.63) is 83.0 Å². The van der Waals surface area contributed by atoms with E-state index in [1.165, 1.54) is 6.20 Å². The van der Waals surface area contributed by atoms with Crippen LogP contribution in [0.4, 0.5) is 5.69 Å². The number of carbonyl (C=O) groups excluding carboxylic acids is 4. The molecule has 3 amide bonds. The molecule has 2 N–H and O–H groups in total. The van der Waals surface area contributed by atoms with E-state index in [2.05, 4.69) is 20.6 Å². The van der Waals surface area contributed by atoms with Crippen LogP contribution in [-0.4, -0.2) is 60.9 Å². The van der Waals surface area contributed by atoms with Crippen LogP contribution in [-0.2, 0) is 20.8 Å². The number of imide groups is 1. The summed E-state index contributed by atoms with van der Waals surface area (Å²) < 4.78 is 0. The molecule has 5 rings (SSSR count). The Hall–Kier alpha value is -5.46. The molecule has 2 aromatic carbocycles. The third kappa shape index (κ3) is 5.09. The predicted molar refractivity (Wildman–Crippen MR) is 152 cm³/mol. The number of pyridine rings is 1. The van der Waals surface area contributed by atoms with Gasteiger partial charge in [0.2, 0.25) is 11.6 Å². The van der Waals surface area contributed by atoms with Gasteiger partial charge in [0.15, 0.2) is 0 Å². The van der Waals surface area contributed by atoms with Crippen molar-refractivity contribution in [1.29, 1.82) is 0 Å². The molecule has 0 fully saturated rings. The summed E-state index contributed by atoms with van der Waals surface area (Å²) in [5.74, 6) is -3.93. The highest BCUT2D eigenvalue weighted by atomic mass is 16.7. The molecule has 0 saturated carbocycles. The van der Waals surface area contributed by atoms with Crippen LogP contribution in [0.5, 0.6) is 0 Å². The molecule has 0 unspecified atom stereocenters. The number of aryl methyl sites for hydroxylation is 1. The highest BCUT2D eigenvalue weighted by molar-refractivity contribution is 6.34. The lowest BCUT2D eigenvalue weighted by molar-refractivity contribution is -0.164. The molecule has 220 valence electrons. The minimum Gasteiger partial charge on any atom is -0.480 e. The SMILES string of the molecule is CCC(CC)(C(=O)N[C@@H](Cc1ccc(N2C(=O)c3cccc(C)c3C2=O)cc1)C(=O)O)C(=O)On1nnc2cccnc21. The van der Waals surface area contributed by atoms with Crippen LogP contribution in [0.25, 0.3) is 11.2 Å². The first-order valence-electron chi connectivity index (χ1n) is 13.6. The summed E-state index contributed by atoms with van der Waals surface area (Å²) in [5.41, 5.74) is 1.07. The lowest BCUT2D eigenvalue weighted by Crippen LogP contribution is -2.54. The summed E-state index contributed by atoms with van der Waals surface area (Å²) in [6.07, 6.45) is 1.39. The fraction of sp³-hybridized carbons (Fsp3) is 0.267. The van der Waals surface area contributed by atoms with Gasteiger partial charge in [-0.25, -0.2) is 19.5 Å². The summed E-state index contributed by atoms with van der Waals surface area (Å²) in [5, 5.41) is 20.1. The van der Waals surface area contributed by atoms with Gasteiger partial charge in [0, 0.05) is 12.6 Å². The Kier molecular flexibility index (Phi) is 7.72. The maximum Gasteiger partial charge on any atom is 0.350 e. The van der Waals surface area contributed by atoms with Crippen LogP contribution in [0, 0.1) is 12.3 Å². The average Bonchev–Trinajstić information content (AvgIpc) is 3.52. The molecule has 1 aliphatic rings. The molecule has 1 atom stereocenters. The van der Waals surface area contributed by atoms with Crippen molar-refractivity contribution in [3.63, 3.8) is 0 Å². The lowest BCUT2D eigenvalue weighted by atomic mass is 9.81. The van der Waals surface area contributed by atoms with E-state index in [9.17, 15) is 29.1 Å². The van der Waals surface area contributed by atoms with Crippen molar-refractivity contribution in [2.24, 2.45) is 5.41 Å². The van der Waals surface area contributed by atoms with Crippen LogP contribution >= 0.6 is 0 Å². The zero-order valence-electron chi connectivity index (χ0n) is 23.6. The first-order chi connectivity index (χ1) is 20.6. The lowest BCUT2D eigenvalue weighted by Gasteiger charge is -2.28. The Morgan fingerprint density at radius 3 is 2.37 bits per heavy atom. The van der Waals surface area contributed by atoms with Gasteiger partial charge in [-0.15, -0.1) is 5.10 Å². The highest BCUT2D eigenvalue weighted by Crippen LogP contribution is 2.31. The van der Waals surface area contributed by atoms with Gasteiger partial charge in [-0.3, -0.25) is 14.4 Å². The van der Waals surface area contributed by atoms with Gasteiger partial charge >= 0.3 is 11.9 Å². The number of nitrogens with zero attached hydrogens (tertiary/aromatic N) is 5. The van der Waals surface area contributed by atoms with Crippen LogP contribution in [0.3, 0.4) is 0 Å². The minimum atomic E-state index is -1.71. The smallest absolute Gasteiger partial charge is 0.350 e. The molecule has 0 aliphatic carbocycles. The minimum absolute atomic E-state index is 0.0228. The van der Waals surface area contributed by atoms with E-state index in [-0.39, 0.29) is 24.9 Å². The molecule has 4 aromatic rings. The number of hydrogen-bond donors (Lipinski definition) is 2. The number of anilines is 1. The van der Waals surface area contributed by atoms with Crippen LogP contribution in [0.1, 0.15) is 58.5 Å². The predicted octanol–water partition coefficient (Wildman–Crippen LogP) is 2.51. The summed E-state index contributed by atoms with van der Waals surface area (Å²) in [4.78, 5) is 76.3. The fourth-order valence-electron chi connectivity index (χ4n) is 5.13. The first kappa shape index (κ1) is 29.0.